The van der Waals surface area contributed by atoms with Crippen LogP contribution in [0.1, 0.15) is 24.5 Å². The lowest BCUT2D eigenvalue weighted by atomic mass is 9.90. The Bertz CT molecular complexity index is 501. The molecule has 110 valence electrons. The predicted molar refractivity (Wildman–Crippen MR) is 86.0 cm³/mol. The van der Waals surface area contributed by atoms with Crippen LogP contribution in [0.15, 0.2) is 60.7 Å². The van der Waals surface area contributed by atoms with E-state index in [4.69, 9.17) is 4.74 Å². The van der Waals surface area contributed by atoms with Gasteiger partial charge in [-0.05, 0) is 17.5 Å². The number of rotatable bonds is 6. The maximum atomic E-state index is 5.54. The van der Waals surface area contributed by atoms with E-state index in [0.717, 1.165) is 32.7 Å². The molecule has 1 fully saturated rings. The van der Waals surface area contributed by atoms with Gasteiger partial charge in [-0.1, -0.05) is 67.6 Å². The van der Waals surface area contributed by atoms with E-state index in [2.05, 4.69) is 72.5 Å². The molecule has 2 aromatic rings. The molecule has 1 aliphatic heterocycles. The van der Waals surface area contributed by atoms with Gasteiger partial charge in [0.25, 0.3) is 0 Å². The average molecular weight is 281 g/mol. The Morgan fingerprint density at radius 2 is 1.33 bits per heavy atom. The van der Waals surface area contributed by atoms with E-state index >= 15 is 0 Å². The Morgan fingerprint density at radius 3 is 1.67 bits per heavy atom. The standard InChI is InChI=1S/C19H23NO/c1-2-19(15-21-16-19)20(13-17-9-5-3-6-10-17)14-18-11-7-4-8-12-18/h3-12H,2,13-16H2,1H3. The Labute approximate surface area is 127 Å². The van der Waals surface area contributed by atoms with E-state index in [1.807, 2.05) is 0 Å². The first kappa shape index (κ1) is 14.3. The monoisotopic (exact) mass is 281 g/mol. The molecule has 0 bridgehead atoms. The maximum Gasteiger partial charge on any atom is 0.0681 e. The lowest BCUT2D eigenvalue weighted by molar-refractivity contribution is -0.149. The van der Waals surface area contributed by atoms with Crippen LogP contribution in [0.4, 0.5) is 0 Å². The summed E-state index contributed by atoms with van der Waals surface area (Å²) < 4.78 is 5.54. The number of hydrogen-bond acceptors (Lipinski definition) is 2. The molecule has 3 rings (SSSR count). The second-order valence-corrected chi connectivity index (χ2v) is 5.90. The Kier molecular flexibility index (Phi) is 4.37. The third-order valence-electron chi connectivity index (χ3n) is 4.50. The van der Waals surface area contributed by atoms with Crippen molar-refractivity contribution in [3.8, 4) is 0 Å². The largest absolute Gasteiger partial charge is 0.377 e. The van der Waals surface area contributed by atoms with Gasteiger partial charge in [0.05, 0.1) is 18.8 Å². The van der Waals surface area contributed by atoms with Crippen LogP contribution in [0, 0.1) is 0 Å². The molecule has 0 unspecified atom stereocenters. The molecule has 1 aliphatic rings. The van der Waals surface area contributed by atoms with Crippen molar-refractivity contribution in [1.29, 1.82) is 0 Å². The molecule has 2 nitrogen and oxygen atoms in total. The van der Waals surface area contributed by atoms with Crippen LogP contribution in [0.5, 0.6) is 0 Å². The number of benzene rings is 2. The molecule has 0 radical (unpaired) electrons. The molecule has 0 aliphatic carbocycles. The first-order chi connectivity index (χ1) is 10.3. The SMILES string of the molecule is CCC1(N(Cc2ccccc2)Cc2ccccc2)COC1. The van der Waals surface area contributed by atoms with Gasteiger partial charge in [-0.3, -0.25) is 4.90 Å². The fourth-order valence-electron chi connectivity index (χ4n) is 2.95. The number of ether oxygens (including phenoxy) is 1. The average Bonchev–Trinajstić information content (AvgIpc) is 2.49. The van der Waals surface area contributed by atoms with Crippen LogP contribution >= 0.6 is 0 Å². The molecule has 0 aromatic heterocycles. The first-order valence-electron chi connectivity index (χ1n) is 7.73. The molecule has 21 heavy (non-hydrogen) atoms. The minimum Gasteiger partial charge on any atom is -0.377 e. The number of nitrogens with zero attached hydrogens (tertiary/aromatic N) is 1. The van der Waals surface area contributed by atoms with E-state index in [9.17, 15) is 0 Å². The van der Waals surface area contributed by atoms with Crippen LogP contribution in [-0.2, 0) is 17.8 Å². The molecule has 2 heteroatoms. The molecule has 0 saturated carbocycles. The van der Waals surface area contributed by atoms with Gasteiger partial charge in [0.1, 0.15) is 0 Å². The molecule has 0 spiro atoms. The summed E-state index contributed by atoms with van der Waals surface area (Å²) in [5, 5.41) is 0. The third kappa shape index (κ3) is 3.17. The third-order valence-corrected chi connectivity index (χ3v) is 4.50. The van der Waals surface area contributed by atoms with Crippen molar-refractivity contribution in [2.45, 2.75) is 32.0 Å². The molecule has 1 saturated heterocycles. The molecule has 0 atom stereocenters. The van der Waals surface area contributed by atoms with Crippen molar-refractivity contribution in [1.82, 2.24) is 4.90 Å². The van der Waals surface area contributed by atoms with E-state index in [0.29, 0.717) is 0 Å². The number of hydrogen-bond donors (Lipinski definition) is 0. The maximum absolute atomic E-state index is 5.54. The van der Waals surface area contributed by atoms with Crippen LogP contribution in [0.25, 0.3) is 0 Å². The highest BCUT2D eigenvalue weighted by molar-refractivity contribution is 5.18. The molecule has 2 aromatic carbocycles. The van der Waals surface area contributed by atoms with Crippen LogP contribution in [-0.4, -0.2) is 23.7 Å². The first-order valence-corrected chi connectivity index (χ1v) is 7.73. The molecule has 0 N–H and O–H groups in total. The minimum absolute atomic E-state index is 0.200. The van der Waals surface area contributed by atoms with Gasteiger partial charge < -0.3 is 4.74 Å². The van der Waals surface area contributed by atoms with E-state index in [1.165, 1.54) is 11.1 Å². The predicted octanol–water partition coefficient (Wildman–Crippen LogP) is 3.87. The van der Waals surface area contributed by atoms with Crippen molar-refractivity contribution < 1.29 is 4.74 Å². The van der Waals surface area contributed by atoms with Gasteiger partial charge in [-0.15, -0.1) is 0 Å². The van der Waals surface area contributed by atoms with Crippen LogP contribution < -0.4 is 0 Å². The Balaban J connectivity index is 1.81. The summed E-state index contributed by atoms with van der Waals surface area (Å²) in [5.74, 6) is 0. The van der Waals surface area contributed by atoms with Gasteiger partial charge >= 0.3 is 0 Å². The summed E-state index contributed by atoms with van der Waals surface area (Å²) in [6.45, 7) is 5.93. The summed E-state index contributed by atoms with van der Waals surface area (Å²) >= 11 is 0. The zero-order valence-electron chi connectivity index (χ0n) is 12.7. The summed E-state index contributed by atoms with van der Waals surface area (Å²) in [6.07, 6.45) is 1.13. The fourth-order valence-corrected chi connectivity index (χ4v) is 2.95. The van der Waals surface area contributed by atoms with Gasteiger partial charge in [0.2, 0.25) is 0 Å². The lowest BCUT2D eigenvalue weighted by Gasteiger charge is -2.49. The molecule has 1 heterocycles. The smallest absolute Gasteiger partial charge is 0.0681 e. The zero-order chi connectivity index (χ0) is 14.5. The van der Waals surface area contributed by atoms with Crippen molar-refractivity contribution in [3.63, 3.8) is 0 Å². The molecular weight excluding hydrogens is 258 g/mol. The van der Waals surface area contributed by atoms with E-state index in [1.54, 1.807) is 0 Å². The van der Waals surface area contributed by atoms with Crippen molar-refractivity contribution in [3.05, 3.63) is 71.8 Å². The van der Waals surface area contributed by atoms with Crippen LogP contribution in [0.2, 0.25) is 0 Å². The molecule has 0 amide bonds. The zero-order valence-corrected chi connectivity index (χ0v) is 12.7. The minimum atomic E-state index is 0.200. The lowest BCUT2D eigenvalue weighted by Crippen LogP contribution is -2.61. The summed E-state index contributed by atoms with van der Waals surface area (Å²) in [5.41, 5.74) is 2.94. The van der Waals surface area contributed by atoms with Gasteiger partial charge in [-0.25, -0.2) is 0 Å². The second kappa shape index (κ2) is 6.42. The Hall–Kier alpha value is -1.64. The van der Waals surface area contributed by atoms with Crippen molar-refractivity contribution in [2.24, 2.45) is 0 Å². The summed E-state index contributed by atoms with van der Waals surface area (Å²) in [4.78, 5) is 2.58. The fraction of sp³-hybridized carbons (Fsp3) is 0.368. The highest BCUT2D eigenvalue weighted by atomic mass is 16.5. The second-order valence-electron chi connectivity index (χ2n) is 5.90. The normalized spacial score (nSPS) is 16.7. The van der Waals surface area contributed by atoms with E-state index in [-0.39, 0.29) is 5.54 Å². The van der Waals surface area contributed by atoms with E-state index < -0.39 is 0 Å². The summed E-state index contributed by atoms with van der Waals surface area (Å²) in [6, 6.07) is 21.5. The highest BCUT2D eigenvalue weighted by Crippen LogP contribution is 2.31. The molecular formula is C19H23NO. The van der Waals surface area contributed by atoms with Crippen molar-refractivity contribution in [2.75, 3.05) is 13.2 Å². The Morgan fingerprint density at radius 1 is 0.857 bits per heavy atom. The van der Waals surface area contributed by atoms with Gasteiger partial charge in [0, 0.05) is 13.1 Å². The van der Waals surface area contributed by atoms with Crippen molar-refractivity contribution >= 4 is 0 Å². The van der Waals surface area contributed by atoms with Crippen LogP contribution in [0.3, 0.4) is 0 Å². The van der Waals surface area contributed by atoms with Gasteiger partial charge in [0.15, 0.2) is 0 Å². The van der Waals surface area contributed by atoms with Gasteiger partial charge in [-0.2, -0.15) is 0 Å². The highest BCUT2D eigenvalue weighted by Gasteiger charge is 2.42. The quantitative estimate of drug-likeness (QED) is 0.797. The topological polar surface area (TPSA) is 12.5 Å². The summed E-state index contributed by atoms with van der Waals surface area (Å²) in [7, 11) is 0.